The van der Waals surface area contributed by atoms with Gasteiger partial charge in [0, 0.05) is 26.1 Å². The Morgan fingerprint density at radius 3 is 2.68 bits per heavy atom. The second-order valence-electron chi connectivity index (χ2n) is 7.06. The molecule has 28 heavy (non-hydrogen) atoms. The Kier molecular flexibility index (Phi) is 5.91. The number of para-hydroxylation sites is 1. The normalized spacial score (nSPS) is 18.7. The number of hydrogen-bond acceptors (Lipinski definition) is 5. The molecule has 0 unspecified atom stereocenters. The largest absolute Gasteiger partial charge is 0.455 e. The Morgan fingerprint density at radius 2 is 2.00 bits per heavy atom. The Balaban J connectivity index is 1.47. The summed E-state index contributed by atoms with van der Waals surface area (Å²) in [5, 5.41) is 2.76. The molecule has 2 fully saturated rings. The van der Waals surface area contributed by atoms with Gasteiger partial charge in [-0.3, -0.25) is 19.2 Å². The molecule has 2 aliphatic rings. The van der Waals surface area contributed by atoms with E-state index in [4.69, 9.17) is 4.74 Å². The van der Waals surface area contributed by atoms with Crippen molar-refractivity contribution in [2.24, 2.45) is 5.92 Å². The third-order valence-electron chi connectivity index (χ3n) is 4.69. The average Bonchev–Trinajstić information content (AvgIpc) is 3.38. The maximum Gasteiger partial charge on any atom is 0.311 e. The molecule has 1 aromatic carbocycles. The molecule has 1 aromatic rings. The second-order valence-corrected chi connectivity index (χ2v) is 7.06. The van der Waals surface area contributed by atoms with Crippen LogP contribution in [0.2, 0.25) is 0 Å². The van der Waals surface area contributed by atoms with Gasteiger partial charge in [0.05, 0.1) is 18.2 Å². The molecular formula is C19H22FN3O5. The van der Waals surface area contributed by atoms with Gasteiger partial charge in [0.2, 0.25) is 11.8 Å². The van der Waals surface area contributed by atoms with Crippen molar-refractivity contribution in [2.45, 2.75) is 25.3 Å². The zero-order valence-electron chi connectivity index (χ0n) is 15.5. The van der Waals surface area contributed by atoms with Gasteiger partial charge in [-0.15, -0.1) is 0 Å². The average molecular weight is 391 g/mol. The highest BCUT2D eigenvalue weighted by molar-refractivity contribution is 5.99. The first-order valence-corrected chi connectivity index (χ1v) is 9.10. The molecule has 3 rings (SSSR count). The van der Waals surface area contributed by atoms with Gasteiger partial charge in [0.15, 0.2) is 6.61 Å². The summed E-state index contributed by atoms with van der Waals surface area (Å²) in [6.45, 7) is -0.640. The quantitative estimate of drug-likeness (QED) is 0.682. The van der Waals surface area contributed by atoms with Crippen molar-refractivity contribution in [3.63, 3.8) is 0 Å². The van der Waals surface area contributed by atoms with E-state index in [0.29, 0.717) is 0 Å². The summed E-state index contributed by atoms with van der Waals surface area (Å²) < 4.78 is 18.9. The number of nitrogens with one attached hydrogen (secondary N) is 1. The van der Waals surface area contributed by atoms with E-state index in [9.17, 15) is 23.6 Å². The van der Waals surface area contributed by atoms with Gasteiger partial charge in [0.1, 0.15) is 5.82 Å². The lowest BCUT2D eigenvalue weighted by molar-refractivity contribution is -0.155. The predicted molar refractivity (Wildman–Crippen MR) is 96.6 cm³/mol. The van der Waals surface area contributed by atoms with E-state index in [1.807, 2.05) is 0 Å². The van der Waals surface area contributed by atoms with Crippen LogP contribution in [0.5, 0.6) is 0 Å². The lowest BCUT2D eigenvalue weighted by Crippen LogP contribution is -2.41. The van der Waals surface area contributed by atoms with E-state index < -0.39 is 30.2 Å². The number of likely N-dealkylation sites (N-methyl/N-ethyl adjacent to an activating group) is 1. The molecule has 1 aliphatic carbocycles. The fourth-order valence-corrected chi connectivity index (χ4v) is 2.93. The maximum absolute atomic E-state index is 13.9. The van der Waals surface area contributed by atoms with Crippen molar-refractivity contribution in [3.8, 4) is 0 Å². The number of amides is 3. The minimum atomic E-state index is -0.775. The van der Waals surface area contributed by atoms with Gasteiger partial charge in [-0.1, -0.05) is 12.1 Å². The summed E-state index contributed by atoms with van der Waals surface area (Å²) in [6.07, 6.45) is 1.79. The molecule has 1 saturated heterocycles. The van der Waals surface area contributed by atoms with E-state index >= 15 is 0 Å². The molecule has 1 saturated carbocycles. The van der Waals surface area contributed by atoms with Crippen molar-refractivity contribution in [1.82, 2.24) is 10.2 Å². The molecule has 0 spiro atoms. The van der Waals surface area contributed by atoms with Crippen molar-refractivity contribution in [1.29, 1.82) is 0 Å². The highest BCUT2D eigenvalue weighted by Crippen LogP contribution is 2.27. The fraction of sp³-hybridized carbons (Fsp3) is 0.474. The lowest BCUT2D eigenvalue weighted by atomic mass is 10.1. The van der Waals surface area contributed by atoms with Crippen LogP contribution in [0.1, 0.15) is 19.3 Å². The van der Waals surface area contributed by atoms with Crippen molar-refractivity contribution in [3.05, 3.63) is 30.1 Å². The summed E-state index contributed by atoms with van der Waals surface area (Å²) in [5.41, 5.74) is 0.111. The van der Waals surface area contributed by atoms with Gasteiger partial charge in [-0.2, -0.15) is 0 Å². The van der Waals surface area contributed by atoms with Crippen LogP contribution in [0.25, 0.3) is 0 Å². The molecule has 0 bridgehead atoms. The SMILES string of the molecule is CN(CC(=O)NC1CC1)C(=O)COC(=O)[C@@H]1CC(=O)N(c2ccccc2F)C1. The van der Waals surface area contributed by atoms with Crippen LogP contribution >= 0.6 is 0 Å². The van der Waals surface area contributed by atoms with Crippen LogP contribution in [0, 0.1) is 11.7 Å². The summed E-state index contributed by atoms with van der Waals surface area (Å²) >= 11 is 0. The Bertz CT molecular complexity index is 796. The molecular weight excluding hydrogens is 369 g/mol. The zero-order valence-corrected chi connectivity index (χ0v) is 15.5. The first-order valence-electron chi connectivity index (χ1n) is 9.10. The van der Waals surface area contributed by atoms with Crippen LogP contribution < -0.4 is 10.2 Å². The number of anilines is 1. The van der Waals surface area contributed by atoms with E-state index in [1.54, 1.807) is 6.07 Å². The minimum Gasteiger partial charge on any atom is -0.455 e. The summed E-state index contributed by atoms with van der Waals surface area (Å²) in [6, 6.07) is 6.02. The van der Waals surface area contributed by atoms with Gasteiger partial charge >= 0.3 is 5.97 Å². The third kappa shape index (κ3) is 4.85. The molecule has 1 atom stereocenters. The highest BCUT2D eigenvalue weighted by atomic mass is 19.1. The topological polar surface area (TPSA) is 96.0 Å². The van der Waals surface area contributed by atoms with E-state index in [1.165, 1.54) is 35.0 Å². The van der Waals surface area contributed by atoms with E-state index in [2.05, 4.69) is 5.32 Å². The Morgan fingerprint density at radius 1 is 1.29 bits per heavy atom. The number of ether oxygens (including phenoxy) is 1. The Hall–Kier alpha value is -2.97. The van der Waals surface area contributed by atoms with Crippen molar-refractivity contribution >= 4 is 29.4 Å². The number of rotatable bonds is 7. The van der Waals surface area contributed by atoms with E-state index in [0.717, 1.165) is 12.8 Å². The Labute approximate surface area is 161 Å². The van der Waals surface area contributed by atoms with Gasteiger partial charge in [-0.05, 0) is 25.0 Å². The monoisotopic (exact) mass is 391 g/mol. The number of carbonyl (C=O) groups excluding carboxylic acids is 4. The van der Waals surface area contributed by atoms with E-state index in [-0.39, 0.29) is 43.1 Å². The smallest absolute Gasteiger partial charge is 0.311 e. The molecule has 1 heterocycles. The molecule has 8 nitrogen and oxygen atoms in total. The van der Waals surface area contributed by atoms with Crippen molar-refractivity contribution < 1.29 is 28.3 Å². The number of nitrogens with zero attached hydrogens (tertiary/aromatic N) is 2. The van der Waals surface area contributed by atoms with Crippen LogP contribution in [-0.4, -0.2) is 61.4 Å². The molecule has 9 heteroatoms. The number of benzene rings is 1. The highest BCUT2D eigenvalue weighted by Gasteiger charge is 2.37. The summed E-state index contributed by atoms with van der Waals surface area (Å²) in [7, 11) is 1.45. The summed E-state index contributed by atoms with van der Waals surface area (Å²) in [4.78, 5) is 50.5. The van der Waals surface area contributed by atoms with Crippen molar-refractivity contribution in [2.75, 3.05) is 31.6 Å². The molecule has 0 aromatic heterocycles. The molecule has 3 amide bonds. The van der Waals surface area contributed by atoms with Crippen LogP contribution in [0.3, 0.4) is 0 Å². The number of carbonyl (C=O) groups is 4. The molecule has 1 aliphatic heterocycles. The minimum absolute atomic E-state index is 0.00752. The maximum atomic E-state index is 13.9. The second kappa shape index (κ2) is 8.37. The molecule has 1 N–H and O–H groups in total. The number of hydrogen-bond donors (Lipinski definition) is 1. The zero-order chi connectivity index (χ0) is 20.3. The molecule has 150 valence electrons. The third-order valence-corrected chi connectivity index (χ3v) is 4.69. The van der Waals surface area contributed by atoms with Crippen LogP contribution in [0.15, 0.2) is 24.3 Å². The van der Waals surface area contributed by atoms with Crippen LogP contribution in [-0.2, 0) is 23.9 Å². The first-order chi connectivity index (χ1) is 13.3. The summed E-state index contributed by atoms with van der Waals surface area (Å²) in [5.74, 6) is -3.18. The van der Waals surface area contributed by atoms with Crippen LogP contribution in [0.4, 0.5) is 10.1 Å². The van der Waals surface area contributed by atoms with Gasteiger partial charge in [0.25, 0.3) is 5.91 Å². The molecule has 0 radical (unpaired) electrons. The number of esters is 1. The van der Waals surface area contributed by atoms with Gasteiger partial charge in [-0.25, -0.2) is 4.39 Å². The predicted octanol–water partition coefficient (Wildman–Crippen LogP) is 0.459. The standard InChI is InChI=1S/C19H22FN3O5/c1-22(10-16(24)21-13-6-7-13)18(26)11-28-19(27)12-8-17(25)23(9-12)15-5-3-2-4-14(15)20/h2-5,12-13H,6-11H2,1H3,(H,21,24)/t12-/m1/s1. The fourth-order valence-electron chi connectivity index (χ4n) is 2.93. The van der Waals surface area contributed by atoms with Gasteiger partial charge < -0.3 is 19.9 Å². The lowest BCUT2D eigenvalue weighted by Gasteiger charge is -2.18. The first kappa shape index (κ1) is 19.8. The number of halogens is 1.